The minimum atomic E-state index is -4.38. The van der Waals surface area contributed by atoms with Crippen molar-refractivity contribution in [2.75, 3.05) is 0 Å². The summed E-state index contributed by atoms with van der Waals surface area (Å²) in [6.45, 7) is 0. The highest BCUT2D eigenvalue weighted by atomic mass is 19.4. The van der Waals surface area contributed by atoms with Crippen molar-refractivity contribution in [3.8, 4) is 0 Å². The number of aliphatic hydroxyl groups excluding tert-OH is 2. The summed E-state index contributed by atoms with van der Waals surface area (Å²) in [4.78, 5) is 0. The van der Waals surface area contributed by atoms with E-state index < -0.39 is 23.9 Å². The molecule has 118 valence electrons. The Labute approximate surface area is 126 Å². The van der Waals surface area contributed by atoms with E-state index in [1.165, 1.54) is 12.1 Å². The molecule has 2 aromatic rings. The highest BCUT2D eigenvalue weighted by Gasteiger charge is 2.30. The molecule has 0 aliphatic carbocycles. The average Bonchev–Trinajstić information content (AvgIpc) is 2.52. The van der Waals surface area contributed by atoms with Gasteiger partial charge in [0.05, 0.1) is 17.8 Å². The molecule has 2 rings (SSSR count). The van der Waals surface area contributed by atoms with Gasteiger partial charge in [-0.25, -0.2) is 0 Å². The van der Waals surface area contributed by atoms with Crippen LogP contribution in [-0.4, -0.2) is 10.2 Å². The van der Waals surface area contributed by atoms with Gasteiger partial charge in [0.2, 0.25) is 0 Å². The van der Waals surface area contributed by atoms with Gasteiger partial charge >= 0.3 is 6.18 Å². The molecule has 0 aliphatic rings. The molecule has 2 atom stereocenters. The Morgan fingerprint density at radius 3 is 1.64 bits per heavy atom. The molecule has 2 aromatic carbocycles. The summed E-state index contributed by atoms with van der Waals surface area (Å²) in [6.07, 6.45) is -5.40. The molecule has 0 unspecified atom stereocenters. The minimum Gasteiger partial charge on any atom is -0.388 e. The van der Waals surface area contributed by atoms with E-state index in [0.29, 0.717) is 12.0 Å². The Balaban J connectivity index is 1.93. The van der Waals surface area contributed by atoms with E-state index in [4.69, 9.17) is 0 Å². The maximum Gasteiger partial charge on any atom is 0.416 e. The highest BCUT2D eigenvalue weighted by molar-refractivity contribution is 5.26. The van der Waals surface area contributed by atoms with Crippen LogP contribution in [0.15, 0.2) is 54.6 Å². The first-order chi connectivity index (χ1) is 10.4. The van der Waals surface area contributed by atoms with Crippen molar-refractivity contribution in [1.29, 1.82) is 0 Å². The standard InChI is InChI=1S/C17H17F3O2/c18-17(19,20)14-8-6-13(7-9-14)16(22)11-10-15(21)12-4-2-1-3-5-12/h1-9,15-16,21-22H,10-11H2/t15-,16+/m0/s1. The number of alkyl halides is 3. The first kappa shape index (κ1) is 16.5. The third-order valence-electron chi connectivity index (χ3n) is 3.52. The lowest BCUT2D eigenvalue weighted by Gasteiger charge is -2.15. The number of hydrogen-bond donors (Lipinski definition) is 2. The lowest BCUT2D eigenvalue weighted by molar-refractivity contribution is -0.137. The molecule has 0 bridgehead atoms. The van der Waals surface area contributed by atoms with Crippen LogP contribution in [0.5, 0.6) is 0 Å². The SMILES string of the molecule is O[C@H](CC[C@H](O)c1ccccc1)c1ccc(C(F)(F)F)cc1. The molecular weight excluding hydrogens is 293 g/mol. The van der Waals surface area contributed by atoms with E-state index in [9.17, 15) is 23.4 Å². The monoisotopic (exact) mass is 310 g/mol. The van der Waals surface area contributed by atoms with Gasteiger partial charge in [-0.2, -0.15) is 13.2 Å². The number of aliphatic hydroxyl groups is 2. The summed E-state index contributed by atoms with van der Waals surface area (Å²) in [6, 6.07) is 13.5. The van der Waals surface area contributed by atoms with Crippen molar-refractivity contribution >= 4 is 0 Å². The van der Waals surface area contributed by atoms with Crippen molar-refractivity contribution in [2.45, 2.75) is 31.2 Å². The molecular formula is C17H17F3O2. The van der Waals surface area contributed by atoms with E-state index in [1.807, 2.05) is 18.2 Å². The summed E-state index contributed by atoms with van der Waals surface area (Å²) in [7, 11) is 0. The summed E-state index contributed by atoms with van der Waals surface area (Å²) in [5, 5.41) is 20.0. The molecule has 0 fully saturated rings. The molecule has 22 heavy (non-hydrogen) atoms. The molecule has 0 radical (unpaired) electrons. The van der Waals surface area contributed by atoms with E-state index in [0.717, 1.165) is 17.7 Å². The lowest BCUT2D eigenvalue weighted by atomic mass is 9.98. The number of rotatable bonds is 5. The second-order valence-corrected chi connectivity index (χ2v) is 5.14. The van der Waals surface area contributed by atoms with Crippen LogP contribution >= 0.6 is 0 Å². The van der Waals surface area contributed by atoms with E-state index in [1.54, 1.807) is 12.1 Å². The van der Waals surface area contributed by atoms with Gasteiger partial charge in [0.1, 0.15) is 0 Å². The van der Waals surface area contributed by atoms with Gasteiger partial charge in [-0.3, -0.25) is 0 Å². The summed E-state index contributed by atoms with van der Waals surface area (Å²) in [5.74, 6) is 0. The fourth-order valence-electron chi connectivity index (χ4n) is 2.22. The number of benzene rings is 2. The fraction of sp³-hybridized carbons (Fsp3) is 0.294. The molecule has 0 aromatic heterocycles. The average molecular weight is 310 g/mol. The fourth-order valence-corrected chi connectivity index (χ4v) is 2.22. The van der Waals surface area contributed by atoms with E-state index in [-0.39, 0.29) is 6.42 Å². The Morgan fingerprint density at radius 1 is 0.727 bits per heavy atom. The zero-order valence-corrected chi connectivity index (χ0v) is 11.8. The van der Waals surface area contributed by atoms with Crippen LogP contribution < -0.4 is 0 Å². The Morgan fingerprint density at radius 2 is 1.18 bits per heavy atom. The van der Waals surface area contributed by atoms with Crippen LogP contribution in [0.25, 0.3) is 0 Å². The second-order valence-electron chi connectivity index (χ2n) is 5.14. The molecule has 0 amide bonds. The molecule has 5 heteroatoms. The van der Waals surface area contributed by atoms with E-state index in [2.05, 4.69) is 0 Å². The molecule has 2 nitrogen and oxygen atoms in total. The zero-order chi connectivity index (χ0) is 16.2. The van der Waals surface area contributed by atoms with Crippen molar-refractivity contribution < 1.29 is 23.4 Å². The van der Waals surface area contributed by atoms with Gasteiger partial charge in [0.15, 0.2) is 0 Å². The molecule has 0 saturated carbocycles. The van der Waals surface area contributed by atoms with Crippen LogP contribution in [0.2, 0.25) is 0 Å². The molecule has 0 aliphatic heterocycles. The third kappa shape index (κ3) is 4.32. The van der Waals surface area contributed by atoms with Crippen LogP contribution in [0.3, 0.4) is 0 Å². The van der Waals surface area contributed by atoms with Gasteiger partial charge in [0.25, 0.3) is 0 Å². The minimum absolute atomic E-state index is 0.265. The second kappa shape index (κ2) is 6.94. The van der Waals surface area contributed by atoms with Crippen LogP contribution in [0, 0.1) is 0 Å². The maximum atomic E-state index is 12.5. The maximum absolute atomic E-state index is 12.5. The lowest BCUT2D eigenvalue weighted by Crippen LogP contribution is -2.06. The van der Waals surface area contributed by atoms with Crippen molar-refractivity contribution in [3.63, 3.8) is 0 Å². The first-order valence-electron chi connectivity index (χ1n) is 6.96. The summed E-state index contributed by atoms with van der Waals surface area (Å²) in [5.41, 5.74) is 0.420. The van der Waals surface area contributed by atoms with Gasteiger partial charge in [0, 0.05) is 0 Å². The largest absolute Gasteiger partial charge is 0.416 e. The predicted octanol–water partition coefficient (Wildman–Crippen LogP) is 4.25. The molecule has 0 spiro atoms. The normalized spacial score (nSPS) is 14.6. The van der Waals surface area contributed by atoms with Crippen LogP contribution in [-0.2, 0) is 6.18 Å². The van der Waals surface area contributed by atoms with Crippen molar-refractivity contribution in [2.24, 2.45) is 0 Å². The van der Waals surface area contributed by atoms with Crippen LogP contribution in [0.1, 0.15) is 41.7 Å². The van der Waals surface area contributed by atoms with E-state index >= 15 is 0 Å². The first-order valence-corrected chi connectivity index (χ1v) is 6.96. The van der Waals surface area contributed by atoms with Gasteiger partial charge in [-0.05, 0) is 36.1 Å². The van der Waals surface area contributed by atoms with Gasteiger partial charge in [-0.15, -0.1) is 0 Å². The molecule has 0 saturated heterocycles. The Hall–Kier alpha value is -1.85. The molecule has 2 N–H and O–H groups in total. The molecule has 0 heterocycles. The smallest absolute Gasteiger partial charge is 0.388 e. The number of halogens is 3. The third-order valence-corrected chi connectivity index (χ3v) is 3.52. The van der Waals surface area contributed by atoms with Crippen molar-refractivity contribution in [1.82, 2.24) is 0 Å². The highest BCUT2D eigenvalue weighted by Crippen LogP contribution is 2.31. The zero-order valence-electron chi connectivity index (χ0n) is 11.8. The summed E-state index contributed by atoms with van der Waals surface area (Å²) < 4.78 is 37.4. The van der Waals surface area contributed by atoms with Crippen LogP contribution in [0.4, 0.5) is 13.2 Å². The quantitative estimate of drug-likeness (QED) is 0.866. The predicted molar refractivity (Wildman–Crippen MR) is 77.0 cm³/mol. The Bertz CT molecular complexity index is 579. The Kier molecular flexibility index (Phi) is 5.21. The number of hydrogen-bond acceptors (Lipinski definition) is 2. The summed E-state index contributed by atoms with van der Waals surface area (Å²) >= 11 is 0. The topological polar surface area (TPSA) is 40.5 Å². The van der Waals surface area contributed by atoms with Crippen molar-refractivity contribution in [3.05, 3.63) is 71.3 Å². The van der Waals surface area contributed by atoms with Gasteiger partial charge in [-0.1, -0.05) is 42.5 Å². The van der Waals surface area contributed by atoms with Gasteiger partial charge < -0.3 is 10.2 Å².